The van der Waals surface area contributed by atoms with Crippen molar-refractivity contribution < 1.29 is 22.7 Å². The van der Waals surface area contributed by atoms with Gasteiger partial charge in [-0.25, -0.2) is 4.98 Å². The molecule has 0 spiro atoms. The zero-order chi connectivity index (χ0) is 17.3. The van der Waals surface area contributed by atoms with Crippen molar-refractivity contribution in [2.45, 2.75) is 32.5 Å². The number of aromatic nitrogens is 1. The van der Waals surface area contributed by atoms with Crippen molar-refractivity contribution >= 4 is 22.9 Å². The van der Waals surface area contributed by atoms with Gasteiger partial charge in [0.25, 0.3) is 0 Å². The predicted molar refractivity (Wildman–Crippen MR) is 81.7 cm³/mol. The second-order valence-electron chi connectivity index (χ2n) is 5.64. The summed E-state index contributed by atoms with van der Waals surface area (Å²) in [4.78, 5) is 15.1. The van der Waals surface area contributed by atoms with E-state index in [1.807, 2.05) is 0 Å². The Labute approximate surface area is 131 Å². The molecule has 1 aromatic heterocycles. The average Bonchev–Trinajstić information content (AvgIpc) is 2.45. The largest absolute Gasteiger partial charge is 0.478 e. The lowest BCUT2D eigenvalue weighted by Crippen LogP contribution is -2.32. The number of ether oxygens (including phenoxy) is 1. The van der Waals surface area contributed by atoms with Crippen molar-refractivity contribution in [1.29, 1.82) is 0 Å². The van der Waals surface area contributed by atoms with Crippen molar-refractivity contribution in [3.05, 3.63) is 29.8 Å². The number of carbonyl (C=O) groups excluding carboxylic acids is 1. The van der Waals surface area contributed by atoms with E-state index in [4.69, 9.17) is 4.74 Å². The van der Waals surface area contributed by atoms with Crippen LogP contribution in [0.5, 0.6) is 5.88 Å². The van der Waals surface area contributed by atoms with Crippen LogP contribution in [0.4, 0.5) is 18.9 Å². The van der Waals surface area contributed by atoms with E-state index < -0.39 is 17.3 Å². The first-order chi connectivity index (χ1) is 10.7. The van der Waals surface area contributed by atoms with Crippen molar-refractivity contribution in [2.24, 2.45) is 0 Å². The monoisotopic (exact) mass is 326 g/mol. The molecule has 0 saturated carbocycles. The second kappa shape index (κ2) is 6.06. The van der Waals surface area contributed by atoms with Gasteiger partial charge in [-0.05, 0) is 32.9 Å². The summed E-state index contributed by atoms with van der Waals surface area (Å²) in [7, 11) is 0. The second-order valence-corrected chi connectivity index (χ2v) is 5.64. The number of benzene rings is 1. The number of alkyl halides is 3. The first-order valence-corrected chi connectivity index (χ1v) is 7.05. The number of pyridine rings is 1. The van der Waals surface area contributed by atoms with E-state index in [2.05, 4.69) is 10.3 Å². The summed E-state index contributed by atoms with van der Waals surface area (Å²) in [5.74, 6) is -0.0841. The lowest BCUT2D eigenvalue weighted by molar-refractivity contribution is -0.136. The van der Waals surface area contributed by atoms with Crippen LogP contribution in [0.25, 0.3) is 10.9 Å². The first kappa shape index (κ1) is 17.1. The summed E-state index contributed by atoms with van der Waals surface area (Å²) in [6.45, 7) is 5.21. The van der Waals surface area contributed by atoms with Gasteiger partial charge >= 0.3 is 6.18 Å². The van der Waals surface area contributed by atoms with Crippen LogP contribution >= 0.6 is 0 Å². The predicted octanol–water partition coefficient (Wildman–Crippen LogP) is 4.04. The van der Waals surface area contributed by atoms with Crippen LogP contribution in [-0.2, 0) is 11.0 Å². The van der Waals surface area contributed by atoms with Crippen molar-refractivity contribution in [3.8, 4) is 5.88 Å². The number of hydrogen-bond acceptors (Lipinski definition) is 4. The smallest absolute Gasteiger partial charge is 0.417 e. The van der Waals surface area contributed by atoms with E-state index in [0.717, 1.165) is 12.4 Å². The van der Waals surface area contributed by atoms with E-state index in [0.29, 0.717) is 5.69 Å². The molecule has 0 aliphatic rings. The fourth-order valence-electron chi connectivity index (χ4n) is 2.14. The quantitative estimate of drug-likeness (QED) is 0.843. The molecule has 2 rings (SSSR count). The number of aldehydes is 1. The zero-order valence-corrected chi connectivity index (χ0v) is 13.0. The van der Waals surface area contributed by atoms with Crippen LogP contribution in [0, 0.1) is 0 Å². The Balaban J connectivity index is 2.58. The summed E-state index contributed by atoms with van der Waals surface area (Å²) in [6.07, 6.45) is -3.79. The number of fused-ring (bicyclic) bond motifs is 1. The minimum absolute atomic E-state index is 0.0181. The molecule has 0 saturated heterocycles. The van der Waals surface area contributed by atoms with Crippen LogP contribution in [0.15, 0.2) is 24.3 Å². The molecular formula is C16H17F3N2O2. The maximum atomic E-state index is 13.2. The molecule has 7 heteroatoms. The van der Waals surface area contributed by atoms with E-state index >= 15 is 0 Å². The van der Waals surface area contributed by atoms with Gasteiger partial charge in [-0.2, -0.15) is 13.2 Å². The zero-order valence-electron chi connectivity index (χ0n) is 13.0. The standard InChI is InChI=1S/C16H17F3N2O2/c1-4-23-14-8-12(16(17,18)19)11-6-5-10(7-13(11)20-14)21-15(2,3)9-22/h5-9,21H,4H2,1-3H3. The van der Waals surface area contributed by atoms with Crippen LogP contribution in [0.1, 0.15) is 26.3 Å². The molecule has 0 amide bonds. The number of halogens is 3. The molecule has 0 bridgehead atoms. The van der Waals surface area contributed by atoms with Crippen molar-refractivity contribution in [1.82, 2.24) is 4.98 Å². The van der Waals surface area contributed by atoms with Crippen LogP contribution in [-0.4, -0.2) is 23.4 Å². The molecule has 0 atom stereocenters. The van der Waals surface area contributed by atoms with E-state index in [9.17, 15) is 18.0 Å². The molecule has 0 radical (unpaired) electrons. The van der Waals surface area contributed by atoms with E-state index in [-0.39, 0.29) is 23.4 Å². The molecule has 23 heavy (non-hydrogen) atoms. The Morgan fingerprint density at radius 1 is 1.26 bits per heavy atom. The molecule has 0 unspecified atom stereocenters. The normalized spacial score (nSPS) is 12.3. The molecule has 1 aromatic carbocycles. The van der Waals surface area contributed by atoms with Crippen LogP contribution in [0.2, 0.25) is 0 Å². The van der Waals surface area contributed by atoms with Gasteiger partial charge in [-0.3, -0.25) is 0 Å². The van der Waals surface area contributed by atoms with E-state index in [1.54, 1.807) is 20.8 Å². The van der Waals surface area contributed by atoms with Crippen LogP contribution < -0.4 is 10.1 Å². The summed E-state index contributed by atoms with van der Waals surface area (Å²) >= 11 is 0. The van der Waals surface area contributed by atoms with Gasteiger partial charge in [0.15, 0.2) is 0 Å². The molecule has 4 nitrogen and oxygen atoms in total. The van der Waals surface area contributed by atoms with Gasteiger partial charge < -0.3 is 14.8 Å². The Kier molecular flexibility index (Phi) is 4.49. The fourth-order valence-corrected chi connectivity index (χ4v) is 2.14. The molecular weight excluding hydrogens is 309 g/mol. The van der Waals surface area contributed by atoms with Gasteiger partial charge in [0, 0.05) is 17.1 Å². The molecule has 2 aromatic rings. The summed E-state index contributed by atoms with van der Waals surface area (Å²) < 4.78 is 44.8. The third-order valence-corrected chi connectivity index (χ3v) is 3.15. The lowest BCUT2D eigenvalue weighted by Gasteiger charge is -2.21. The minimum atomic E-state index is -4.51. The maximum absolute atomic E-state index is 13.2. The summed E-state index contributed by atoms with van der Waals surface area (Å²) in [6, 6.07) is 5.20. The van der Waals surface area contributed by atoms with Crippen LogP contribution in [0.3, 0.4) is 0 Å². The van der Waals surface area contributed by atoms with Gasteiger partial charge in [0.05, 0.1) is 23.2 Å². The third-order valence-electron chi connectivity index (χ3n) is 3.15. The highest BCUT2D eigenvalue weighted by molar-refractivity contribution is 5.87. The van der Waals surface area contributed by atoms with Gasteiger partial charge in [-0.1, -0.05) is 6.07 Å². The average molecular weight is 326 g/mol. The number of nitrogens with zero attached hydrogens (tertiary/aromatic N) is 1. The Morgan fingerprint density at radius 2 is 1.96 bits per heavy atom. The van der Waals surface area contributed by atoms with Gasteiger partial charge in [0.2, 0.25) is 5.88 Å². The van der Waals surface area contributed by atoms with Crippen molar-refractivity contribution in [2.75, 3.05) is 11.9 Å². The lowest BCUT2D eigenvalue weighted by atomic mass is 10.1. The molecule has 124 valence electrons. The molecule has 1 heterocycles. The number of carbonyl (C=O) groups is 1. The fraction of sp³-hybridized carbons (Fsp3) is 0.375. The van der Waals surface area contributed by atoms with Gasteiger partial charge in [0.1, 0.15) is 6.29 Å². The Hall–Kier alpha value is -2.31. The SMILES string of the molecule is CCOc1cc(C(F)(F)F)c2ccc(NC(C)(C)C=O)cc2n1. The highest BCUT2D eigenvalue weighted by Gasteiger charge is 2.34. The number of rotatable bonds is 5. The first-order valence-electron chi connectivity index (χ1n) is 7.05. The molecule has 0 aliphatic carbocycles. The Bertz CT molecular complexity index is 727. The number of hydrogen-bond donors (Lipinski definition) is 1. The Morgan fingerprint density at radius 3 is 2.52 bits per heavy atom. The van der Waals surface area contributed by atoms with Gasteiger partial charge in [-0.15, -0.1) is 0 Å². The highest BCUT2D eigenvalue weighted by atomic mass is 19.4. The number of nitrogens with one attached hydrogen (secondary N) is 1. The number of anilines is 1. The van der Waals surface area contributed by atoms with Crippen molar-refractivity contribution in [3.63, 3.8) is 0 Å². The third kappa shape index (κ3) is 3.91. The summed E-state index contributed by atoms with van der Waals surface area (Å²) in [5.41, 5.74) is -0.982. The summed E-state index contributed by atoms with van der Waals surface area (Å²) in [5, 5.41) is 2.92. The minimum Gasteiger partial charge on any atom is -0.478 e. The van der Waals surface area contributed by atoms with E-state index in [1.165, 1.54) is 18.2 Å². The molecule has 0 fully saturated rings. The molecule has 0 aliphatic heterocycles. The highest BCUT2D eigenvalue weighted by Crippen LogP contribution is 2.37. The topological polar surface area (TPSA) is 51.2 Å². The molecule has 1 N–H and O–H groups in total. The maximum Gasteiger partial charge on any atom is 0.417 e.